The fourth-order valence-electron chi connectivity index (χ4n) is 3.08. The number of hydrogen-bond donors (Lipinski definition) is 3. The molecular weight excluding hydrogens is 459 g/mol. The summed E-state index contributed by atoms with van der Waals surface area (Å²) in [5.41, 5.74) is 0.705. The Balaban J connectivity index is 1.56. The highest BCUT2D eigenvalue weighted by Gasteiger charge is 2.39. The molecule has 1 unspecified atom stereocenters. The van der Waals surface area contributed by atoms with Gasteiger partial charge in [0.1, 0.15) is 23.3 Å². The first-order valence-electron chi connectivity index (χ1n) is 8.60. The Bertz CT molecular complexity index is 1060. The zero-order valence-electron chi connectivity index (χ0n) is 14.7. The lowest BCUT2D eigenvalue weighted by molar-refractivity contribution is -0.130. The van der Waals surface area contributed by atoms with Crippen LogP contribution in [0.3, 0.4) is 0 Å². The van der Waals surface area contributed by atoms with Crippen LogP contribution in [-0.2, 0) is 4.74 Å². The summed E-state index contributed by atoms with van der Waals surface area (Å²) in [4.78, 5) is 14.7. The van der Waals surface area contributed by atoms with Gasteiger partial charge < -0.3 is 19.9 Å². The highest BCUT2D eigenvalue weighted by atomic mass is 35.5. The predicted octanol–water partition coefficient (Wildman–Crippen LogP) is 2.80. The summed E-state index contributed by atoms with van der Waals surface area (Å²) >= 11 is 14.5. The van der Waals surface area contributed by atoms with Crippen LogP contribution in [0, 0.1) is 0 Å². The van der Waals surface area contributed by atoms with Crippen molar-refractivity contribution in [1.29, 1.82) is 0 Å². The number of nitrogens with zero attached hydrogens (tertiary/aromatic N) is 3. The SMILES string of the molecule is O=c1[nH]c(-c2cn([C@@H]3C[C@@H](Sc4ccc(Cl)c(Cl)c4)OC(CO)[C@@H]3O)nn2)cs1. The minimum Gasteiger partial charge on any atom is -0.394 e. The molecule has 8 nitrogen and oxygen atoms in total. The summed E-state index contributed by atoms with van der Waals surface area (Å²) in [5.74, 6) is 0. The van der Waals surface area contributed by atoms with E-state index in [2.05, 4.69) is 15.3 Å². The Morgan fingerprint density at radius 1 is 1.38 bits per heavy atom. The van der Waals surface area contributed by atoms with Crippen molar-refractivity contribution in [1.82, 2.24) is 20.0 Å². The lowest BCUT2D eigenvalue weighted by Crippen LogP contribution is -2.47. The number of hydrogen-bond acceptors (Lipinski definition) is 8. The van der Waals surface area contributed by atoms with Crippen LogP contribution in [0.1, 0.15) is 12.5 Å². The van der Waals surface area contributed by atoms with Crippen LogP contribution < -0.4 is 4.87 Å². The van der Waals surface area contributed by atoms with Crippen molar-refractivity contribution in [2.45, 2.75) is 35.0 Å². The highest BCUT2D eigenvalue weighted by molar-refractivity contribution is 7.99. The Morgan fingerprint density at radius 2 is 2.21 bits per heavy atom. The number of aliphatic hydroxyl groups is 2. The topological polar surface area (TPSA) is 113 Å². The van der Waals surface area contributed by atoms with Crippen molar-refractivity contribution in [2.24, 2.45) is 0 Å². The van der Waals surface area contributed by atoms with Gasteiger partial charge in [0.05, 0.1) is 34.6 Å². The predicted molar refractivity (Wildman–Crippen MR) is 112 cm³/mol. The molecule has 29 heavy (non-hydrogen) atoms. The van der Waals surface area contributed by atoms with Crippen LogP contribution in [0.2, 0.25) is 10.0 Å². The lowest BCUT2D eigenvalue weighted by Gasteiger charge is -2.38. The van der Waals surface area contributed by atoms with Gasteiger partial charge in [-0.05, 0) is 18.2 Å². The van der Waals surface area contributed by atoms with E-state index in [0.29, 0.717) is 27.9 Å². The maximum absolute atomic E-state index is 11.4. The Kier molecular flexibility index (Phi) is 6.30. The number of aromatic amines is 1. The van der Waals surface area contributed by atoms with Crippen LogP contribution in [0.25, 0.3) is 11.4 Å². The number of thiazole rings is 1. The summed E-state index contributed by atoms with van der Waals surface area (Å²) in [5, 5.41) is 31.1. The van der Waals surface area contributed by atoms with Crippen LogP contribution in [0.15, 0.2) is 39.5 Å². The molecule has 154 valence electrons. The van der Waals surface area contributed by atoms with E-state index in [9.17, 15) is 15.0 Å². The number of aliphatic hydroxyl groups excluding tert-OH is 2. The highest BCUT2D eigenvalue weighted by Crippen LogP contribution is 2.39. The van der Waals surface area contributed by atoms with Gasteiger partial charge in [-0.25, -0.2) is 4.68 Å². The van der Waals surface area contributed by atoms with E-state index in [-0.39, 0.29) is 16.9 Å². The minimum absolute atomic E-state index is 0.181. The Hall–Kier alpha value is -1.40. The van der Waals surface area contributed by atoms with Crippen molar-refractivity contribution in [3.05, 3.63) is 49.5 Å². The monoisotopic (exact) mass is 474 g/mol. The van der Waals surface area contributed by atoms with Crippen LogP contribution >= 0.6 is 46.3 Å². The summed E-state index contributed by atoms with van der Waals surface area (Å²) in [7, 11) is 0. The molecule has 1 aromatic carbocycles. The van der Waals surface area contributed by atoms with Crippen LogP contribution in [-0.4, -0.2) is 54.4 Å². The van der Waals surface area contributed by atoms with E-state index in [4.69, 9.17) is 27.9 Å². The second kappa shape index (κ2) is 8.76. The van der Waals surface area contributed by atoms with Gasteiger partial charge in [-0.15, -0.1) is 5.10 Å². The maximum atomic E-state index is 11.4. The molecule has 1 aliphatic rings. The fourth-order valence-corrected chi connectivity index (χ4v) is 5.14. The number of benzene rings is 1. The van der Waals surface area contributed by atoms with Gasteiger partial charge in [0.15, 0.2) is 0 Å². The second-order valence-electron chi connectivity index (χ2n) is 6.42. The number of nitrogens with one attached hydrogen (secondary N) is 1. The molecular formula is C17H16Cl2N4O4S2. The van der Waals surface area contributed by atoms with E-state index >= 15 is 0 Å². The summed E-state index contributed by atoms with van der Waals surface area (Å²) < 4.78 is 7.39. The molecule has 3 aromatic rings. The van der Waals surface area contributed by atoms with Gasteiger partial charge in [0, 0.05) is 16.7 Å². The third-order valence-electron chi connectivity index (χ3n) is 4.52. The zero-order chi connectivity index (χ0) is 20.5. The number of halogens is 2. The number of ether oxygens (including phenoxy) is 1. The summed E-state index contributed by atoms with van der Waals surface area (Å²) in [6.45, 7) is -0.338. The van der Waals surface area contributed by atoms with E-state index in [1.165, 1.54) is 11.8 Å². The van der Waals surface area contributed by atoms with Crippen molar-refractivity contribution in [3.8, 4) is 11.4 Å². The van der Waals surface area contributed by atoms with E-state index < -0.39 is 18.2 Å². The Morgan fingerprint density at radius 3 is 2.90 bits per heavy atom. The molecule has 0 radical (unpaired) electrons. The van der Waals surface area contributed by atoms with Crippen molar-refractivity contribution < 1.29 is 14.9 Å². The standard InChI is InChI=1S/C17H16Cl2N4O4S2/c18-9-2-1-8(3-10(9)19)29-15-4-13(16(25)14(6-24)27-15)23-5-11(21-22-23)12-7-28-17(26)20-12/h1-3,5,7,13-16,24-25H,4,6H2,(H,20,26)/t13-,14?,15-,16-/m1/s1. The molecule has 12 heteroatoms. The average Bonchev–Trinajstić information content (AvgIpc) is 3.35. The van der Waals surface area contributed by atoms with Gasteiger partial charge >= 0.3 is 4.87 Å². The van der Waals surface area contributed by atoms with Gasteiger partial charge in [0.25, 0.3) is 0 Å². The molecule has 0 bridgehead atoms. The van der Waals surface area contributed by atoms with Crippen molar-refractivity contribution in [3.63, 3.8) is 0 Å². The first kappa shape index (κ1) is 20.9. The molecule has 4 atom stereocenters. The molecule has 1 saturated heterocycles. The van der Waals surface area contributed by atoms with Crippen LogP contribution in [0.5, 0.6) is 0 Å². The van der Waals surface area contributed by atoms with Crippen LogP contribution in [0.4, 0.5) is 0 Å². The normalized spacial score (nSPS) is 24.7. The fraction of sp³-hybridized carbons (Fsp3) is 0.353. The smallest absolute Gasteiger partial charge is 0.304 e. The van der Waals surface area contributed by atoms with Crippen molar-refractivity contribution >= 4 is 46.3 Å². The molecule has 1 fully saturated rings. The zero-order valence-corrected chi connectivity index (χ0v) is 17.9. The summed E-state index contributed by atoms with van der Waals surface area (Å²) in [6.07, 6.45) is 0.335. The third-order valence-corrected chi connectivity index (χ3v) is 7.02. The van der Waals surface area contributed by atoms with E-state index in [1.807, 2.05) is 6.07 Å². The molecule has 0 aliphatic carbocycles. The number of H-pyrrole nitrogens is 1. The lowest BCUT2D eigenvalue weighted by atomic mass is 10.00. The first-order chi connectivity index (χ1) is 13.9. The van der Waals surface area contributed by atoms with Gasteiger partial charge in [0.2, 0.25) is 0 Å². The first-order valence-corrected chi connectivity index (χ1v) is 11.1. The molecule has 0 amide bonds. The minimum atomic E-state index is -0.971. The summed E-state index contributed by atoms with van der Waals surface area (Å²) in [6, 6.07) is 4.81. The van der Waals surface area contributed by atoms with E-state index in [0.717, 1.165) is 16.2 Å². The molecule has 0 spiro atoms. The quantitative estimate of drug-likeness (QED) is 0.520. The number of aromatic nitrogens is 4. The Labute approximate surface area is 183 Å². The molecule has 3 N–H and O–H groups in total. The largest absolute Gasteiger partial charge is 0.394 e. The molecule has 0 saturated carbocycles. The van der Waals surface area contributed by atoms with Gasteiger partial charge in [-0.2, -0.15) is 0 Å². The number of rotatable bonds is 5. The maximum Gasteiger partial charge on any atom is 0.304 e. The molecule has 1 aliphatic heterocycles. The van der Waals surface area contributed by atoms with Gasteiger partial charge in [-0.1, -0.05) is 51.5 Å². The van der Waals surface area contributed by atoms with E-state index in [1.54, 1.807) is 28.4 Å². The second-order valence-corrected chi connectivity index (χ2v) is 9.31. The third kappa shape index (κ3) is 4.53. The van der Waals surface area contributed by atoms with Gasteiger partial charge in [-0.3, -0.25) is 4.79 Å². The molecule has 2 aromatic heterocycles. The van der Waals surface area contributed by atoms with Crippen molar-refractivity contribution in [2.75, 3.05) is 6.61 Å². The number of thioether (sulfide) groups is 1. The molecule has 3 heterocycles. The molecule has 4 rings (SSSR count). The average molecular weight is 475 g/mol.